The minimum Gasteiger partial charge on any atom is -0.383 e. The van der Waals surface area contributed by atoms with Crippen molar-refractivity contribution in [1.82, 2.24) is 4.57 Å². The number of nitrogens with two attached hydrogens (primary N) is 1. The Morgan fingerprint density at radius 3 is 2.37 bits per heavy atom. The molecule has 2 aromatic carbocycles. The van der Waals surface area contributed by atoms with Gasteiger partial charge in [-0.1, -0.05) is 74.9 Å². The number of benzene rings is 2. The summed E-state index contributed by atoms with van der Waals surface area (Å²) in [5, 5.41) is 1.21. The third kappa shape index (κ3) is 6.63. The van der Waals surface area contributed by atoms with Crippen molar-refractivity contribution in [2.75, 3.05) is 0 Å². The second-order valence-electron chi connectivity index (χ2n) is 9.83. The first-order valence-corrected chi connectivity index (χ1v) is 12.8. The lowest BCUT2D eigenvalue weighted by molar-refractivity contribution is 0.206. The summed E-state index contributed by atoms with van der Waals surface area (Å²) in [5.74, 6) is 2.63. The van der Waals surface area contributed by atoms with Gasteiger partial charge in [-0.3, -0.25) is 0 Å². The van der Waals surface area contributed by atoms with Crippen molar-refractivity contribution in [3.05, 3.63) is 102 Å². The fraction of sp³-hybridized carbons (Fsp3) is 0.344. The van der Waals surface area contributed by atoms with Gasteiger partial charge in [-0.2, -0.15) is 0 Å². The molecule has 0 atom stereocenters. The first-order valence-electron chi connectivity index (χ1n) is 12.8. The molecule has 0 unspecified atom stereocenters. The van der Waals surface area contributed by atoms with E-state index in [1.165, 1.54) is 41.9 Å². The Kier molecular flexibility index (Phi) is 9.31. The molecular weight excluding hydrogens is 426 g/mol. The summed E-state index contributed by atoms with van der Waals surface area (Å²) in [7, 11) is 0. The molecule has 1 aliphatic rings. The van der Waals surface area contributed by atoms with Gasteiger partial charge in [-0.25, -0.2) is 4.99 Å². The minimum atomic E-state index is 0.491. The van der Waals surface area contributed by atoms with Crippen LogP contribution in [-0.4, -0.2) is 10.4 Å². The SMILES string of the molecule is C=CN=C(N)C(=C(C)C)/C(=C\C)c1ccc2c(ccn2Cc2ccccc2)c1.CCC1CC(C)C1. The van der Waals surface area contributed by atoms with Crippen molar-refractivity contribution >= 4 is 22.3 Å². The van der Waals surface area contributed by atoms with E-state index in [9.17, 15) is 0 Å². The predicted octanol–water partition coefficient (Wildman–Crippen LogP) is 8.37. The Labute approximate surface area is 211 Å². The maximum Gasteiger partial charge on any atom is 0.131 e. The van der Waals surface area contributed by atoms with E-state index in [0.717, 1.165) is 40.7 Å². The molecule has 3 nitrogen and oxygen atoms in total. The van der Waals surface area contributed by atoms with Crippen LogP contribution >= 0.6 is 0 Å². The number of fused-ring (bicyclic) bond motifs is 1. The van der Waals surface area contributed by atoms with E-state index < -0.39 is 0 Å². The Morgan fingerprint density at radius 1 is 1.11 bits per heavy atom. The predicted molar refractivity (Wildman–Crippen MR) is 154 cm³/mol. The molecule has 0 bridgehead atoms. The summed E-state index contributed by atoms with van der Waals surface area (Å²) in [4.78, 5) is 4.21. The van der Waals surface area contributed by atoms with Gasteiger partial charge < -0.3 is 10.3 Å². The van der Waals surface area contributed by atoms with Gasteiger partial charge >= 0.3 is 0 Å². The fourth-order valence-corrected chi connectivity index (χ4v) is 4.97. The van der Waals surface area contributed by atoms with E-state index >= 15 is 0 Å². The van der Waals surface area contributed by atoms with Gasteiger partial charge in [0.2, 0.25) is 0 Å². The number of hydrogen-bond donors (Lipinski definition) is 1. The number of allylic oxidation sites excluding steroid dienone is 2. The molecule has 2 N–H and O–H groups in total. The van der Waals surface area contributed by atoms with E-state index in [0.29, 0.717) is 5.84 Å². The van der Waals surface area contributed by atoms with Crippen molar-refractivity contribution in [2.24, 2.45) is 22.6 Å². The smallest absolute Gasteiger partial charge is 0.131 e. The van der Waals surface area contributed by atoms with E-state index in [1.807, 2.05) is 13.0 Å². The number of hydrogen-bond acceptors (Lipinski definition) is 1. The molecule has 184 valence electrons. The fourth-order valence-electron chi connectivity index (χ4n) is 4.97. The average Bonchev–Trinajstić information content (AvgIpc) is 3.23. The van der Waals surface area contributed by atoms with Crippen LogP contribution < -0.4 is 5.73 Å². The van der Waals surface area contributed by atoms with E-state index in [1.54, 1.807) is 0 Å². The molecular formula is C32H41N3. The lowest BCUT2D eigenvalue weighted by atomic mass is 9.75. The molecule has 35 heavy (non-hydrogen) atoms. The first-order chi connectivity index (χ1) is 16.9. The second kappa shape index (κ2) is 12.4. The van der Waals surface area contributed by atoms with Crippen molar-refractivity contribution in [3.63, 3.8) is 0 Å². The van der Waals surface area contributed by atoms with Gasteiger partial charge in [0, 0.05) is 35.4 Å². The molecule has 0 spiro atoms. The first kappa shape index (κ1) is 26.3. The number of rotatable bonds is 7. The van der Waals surface area contributed by atoms with Gasteiger partial charge in [0.25, 0.3) is 0 Å². The summed E-state index contributed by atoms with van der Waals surface area (Å²) < 4.78 is 2.28. The topological polar surface area (TPSA) is 43.3 Å². The molecule has 3 heteroatoms. The third-order valence-corrected chi connectivity index (χ3v) is 6.87. The summed E-state index contributed by atoms with van der Waals surface area (Å²) in [5.41, 5.74) is 13.0. The van der Waals surface area contributed by atoms with Crippen LogP contribution in [-0.2, 0) is 6.54 Å². The van der Waals surface area contributed by atoms with Gasteiger partial charge in [-0.05, 0) is 80.3 Å². The van der Waals surface area contributed by atoms with Gasteiger partial charge in [0.15, 0.2) is 0 Å². The molecule has 1 aliphatic carbocycles. The minimum absolute atomic E-state index is 0.491. The lowest BCUT2D eigenvalue weighted by Gasteiger charge is -2.31. The second-order valence-corrected chi connectivity index (χ2v) is 9.83. The number of aliphatic imine (C=N–C) groups is 1. The van der Waals surface area contributed by atoms with Crippen molar-refractivity contribution < 1.29 is 0 Å². The molecule has 0 saturated heterocycles. The summed E-state index contributed by atoms with van der Waals surface area (Å²) in [6, 6.07) is 19.2. The lowest BCUT2D eigenvalue weighted by Crippen LogP contribution is -2.19. The highest BCUT2D eigenvalue weighted by Crippen LogP contribution is 2.34. The van der Waals surface area contributed by atoms with E-state index in [4.69, 9.17) is 5.73 Å². The zero-order chi connectivity index (χ0) is 25.4. The monoisotopic (exact) mass is 467 g/mol. The van der Waals surface area contributed by atoms with Crippen LogP contribution in [0.1, 0.15) is 65.0 Å². The van der Waals surface area contributed by atoms with Crippen LogP contribution in [0.2, 0.25) is 0 Å². The summed E-state index contributed by atoms with van der Waals surface area (Å²) >= 11 is 0. The van der Waals surface area contributed by atoms with Gasteiger partial charge in [0.05, 0.1) is 0 Å². The zero-order valence-electron chi connectivity index (χ0n) is 22.1. The number of nitrogens with zero attached hydrogens (tertiary/aromatic N) is 2. The van der Waals surface area contributed by atoms with Gasteiger partial charge in [0.1, 0.15) is 5.84 Å². The molecule has 3 aromatic rings. The number of aromatic nitrogens is 1. The molecule has 1 heterocycles. The van der Waals surface area contributed by atoms with Crippen molar-refractivity contribution in [3.8, 4) is 0 Å². The quantitative estimate of drug-likeness (QED) is 0.212. The molecule has 0 radical (unpaired) electrons. The average molecular weight is 468 g/mol. The molecule has 1 saturated carbocycles. The Hall–Kier alpha value is -3.33. The normalized spacial score (nSPS) is 17.9. The maximum absolute atomic E-state index is 6.22. The standard InChI is InChI=1S/C25H27N3.C7H14/c1-5-22(24(18(3)4)25(26)27-6-2)20-12-13-23-21(16-20)14-15-28(23)17-19-10-8-7-9-11-19;1-3-7-4-6(2)5-7/h5-16H,2,17H2,1,3-4H3,(H2,26,27);6-7H,3-5H2,1-2H3/b22-5-;. The summed E-state index contributed by atoms with van der Waals surface area (Å²) in [6.07, 6.45) is 10.1. The molecule has 4 rings (SSSR count). The third-order valence-electron chi connectivity index (χ3n) is 6.87. The zero-order valence-corrected chi connectivity index (χ0v) is 22.1. The van der Waals surface area contributed by atoms with E-state index in [2.05, 4.69) is 105 Å². The van der Waals surface area contributed by atoms with Crippen LogP contribution in [0.15, 0.2) is 95.8 Å². The molecule has 0 aliphatic heterocycles. The van der Waals surface area contributed by atoms with Crippen LogP contribution in [0, 0.1) is 11.8 Å². The van der Waals surface area contributed by atoms with Crippen LogP contribution in [0.5, 0.6) is 0 Å². The Balaban J connectivity index is 0.000000420. The molecule has 1 fully saturated rings. The maximum atomic E-state index is 6.22. The highest BCUT2D eigenvalue weighted by Gasteiger charge is 2.22. The van der Waals surface area contributed by atoms with E-state index in [-0.39, 0.29) is 0 Å². The largest absolute Gasteiger partial charge is 0.383 e. The van der Waals surface area contributed by atoms with Crippen molar-refractivity contribution in [1.29, 1.82) is 0 Å². The van der Waals surface area contributed by atoms with Gasteiger partial charge in [-0.15, -0.1) is 0 Å². The van der Waals surface area contributed by atoms with Crippen molar-refractivity contribution in [2.45, 2.75) is 60.4 Å². The van der Waals surface area contributed by atoms with Crippen LogP contribution in [0.4, 0.5) is 0 Å². The molecule has 1 aromatic heterocycles. The molecule has 0 amide bonds. The highest BCUT2D eigenvalue weighted by atomic mass is 14.9. The number of amidine groups is 1. The Morgan fingerprint density at radius 2 is 1.83 bits per heavy atom. The highest BCUT2D eigenvalue weighted by molar-refractivity contribution is 6.12. The van der Waals surface area contributed by atoms with Crippen LogP contribution in [0.25, 0.3) is 16.5 Å². The Bertz CT molecular complexity index is 1210. The van der Waals surface area contributed by atoms with Crippen LogP contribution in [0.3, 0.4) is 0 Å². The summed E-state index contributed by atoms with van der Waals surface area (Å²) in [6.45, 7) is 15.3.